The van der Waals surface area contributed by atoms with Gasteiger partial charge in [0.25, 0.3) is 5.56 Å². The summed E-state index contributed by atoms with van der Waals surface area (Å²) in [7, 11) is 0. The van der Waals surface area contributed by atoms with Gasteiger partial charge in [0.1, 0.15) is 0 Å². The Morgan fingerprint density at radius 3 is 2.58 bits per heavy atom. The molecule has 0 aliphatic rings. The molecule has 2 N–H and O–H groups in total. The maximum atomic E-state index is 13.3. The van der Waals surface area contributed by atoms with Gasteiger partial charge in [-0.25, -0.2) is 9.78 Å². The first kappa shape index (κ1) is 22.8. The molecule has 0 radical (unpaired) electrons. The van der Waals surface area contributed by atoms with Crippen LogP contribution in [0.4, 0.5) is 10.5 Å². The number of para-hydroxylation sites is 1. The highest BCUT2D eigenvalue weighted by Gasteiger charge is 2.16. The van der Waals surface area contributed by atoms with Crippen molar-refractivity contribution in [1.29, 1.82) is 0 Å². The standard InChI is InChI=1S/C24H19BrN4O3S/c1-15-6-5-7-17(12-15)26-23(32)28-21(30)14-33-24-27-20-11-10-16(25)13-19(20)22(31)29(24)18-8-3-2-4-9-18/h2-13H,14H2,1H3,(H2,26,28,30,32). The molecule has 166 valence electrons. The SMILES string of the molecule is Cc1cccc(NC(=O)NC(=O)CSc2nc3ccc(Br)cc3c(=O)n2-c2ccccc2)c1. The molecule has 4 rings (SSSR count). The number of urea groups is 1. The first-order valence-corrected chi connectivity index (χ1v) is 11.8. The number of amides is 3. The zero-order valence-electron chi connectivity index (χ0n) is 17.5. The molecule has 9 heteroatoms. The normalized spacial score (nSPS) is 10.7. The topological polar surface area (TPSA) is 93.1 Å². The van der Waals surface area contributed by atoms with E-state index in [0.29, 0.717) is 27.4 Å². The van der Waals surface area contributed by atoms with Crippen LogP contribution in [0.2, 0.25) is 0 Å². The van der Waals surface area contributed by atoms with Crippen LogP contribution in [0, 0.1) is 6.92 Å². The van der Waals surface area contributed by atoms with E-state index >= 15 is 0 Å². The summed E-state index contributed by atoms with van der Waals surface area (Å²) in [5.74, 6) is -0.599. The zero-order chi connectivity index (χ0) is 23.4. The number of aryl methyl sites for hydroxylation is 1. The molecule has 0 unspecified atom stereocenters. The van der Waals surface area contributed by atoms with Crippen LogP contribution in [-0.2, 0) is 4.79 Å². The minimum atomic E-state index is -0.622. The predicted molar refractivity (Wildman–Crippen MR) is 134 cm³/mol. The molecule has 0 aliphatic heterocycles. The Kier molecular flexibility index (Phi) is 6.90. The number of carbonyl (C=O) groups is 2. The summed E-state index contributed by atoms with van der Waals surface area (Å²) in [5, 5.41) is 5.75. The average molecular weight is 523 g/mol. The van der Waals surface area contributed by atoms with Crippen molar-refractivity contribution >= 4 is 56.2 Å². The summed E-state index contributed by atoms with van der Waals surface area (Å²) in [6, 6.07) is 21.0. The van der Waals surface area contributed by atoms with Gasteiger partial charge in [-0.1, -0.05) is 58.0 Å². The molecular weight excluding hydrogens is 504 g/mol. The molecule has 0 spiro atoms. The van der Waals surface area contributed by atoms with Crippen molar-refractivity contribution in [3.8, 4) is 5.69 Å². The molecule has 3 aromatic carbocycles. The summed E-state index contributed by atoms with van der Waals surface area (Å²) in [6.45, 7) is 1.91. The summed E-state index contributed by atoms with van der Waals surface area (Å²) < 4.78 is 2.24. The molecule has 1 heterocycles. The van der Waals surface area contributed by atoms with E-state index in [1.807, 2.05) is 37.3 Å². The molecule has 0 aliphatic carbocycles. The Morgan fingerprint density at radius 2 is 1.82 bits per heavy atom. The van der Waals surface area contributed by atoms with E-state index in [4.69, 9.17) is 0 Å². The molecule has 0 fully saturated rings. The summed E-state index contributed by atoms with van der Waals surface area (Å²) in [5.41, 5.74) is 2.50. The first-order chi connectivity index (χ1) is 15.9. The molecule has 0 saturated heterocycles. The maximum absolute atomic E-state index is 13.3. The molecule has 0 bridgehead atoms. The molecule has 0 atom stereocenters. The van der Waals surface area contributed by atoms with Crippen LogP contribution in [-0.4, -0.2) is 27.2 Å². The van der Waals surface area contributed by atoms with E-state index in [-0.39, 0.29) is 11.3 Å². The van der Waals surface area contributed by atoms with E-state index in [0.717, 1.165) is 21.8 Å². The quantitative estimate of drug-likeness (QED) is 0.287. The molecule has 4 aromatic rings. The van der Waals surface area contributed by atoms with Crippen LogP contribution in [0.5, 0.6) is 0 Å². The van der Waals surface area contributed by atoms with Gasteiger partial charge >= 0.3 is 6.03 Å². The third-order valence-corrected chi connectivity index (χ3v) is 6.11. The van der Waals surface area contributed by atoms with Gasteiger partial charge in [-0.05, 0) is 55.0 Å². The van der Waals surface area contributed by atoms with Crippen molar-refractivity contribution < 1.29 is 9.59 Å². The lowest BCUT2D eigenvalue weighted by Gasteiger charge is -2.13. The molecule has 0 saturated carbocycles. The van der Waals surface area contributed by atoms with E-state index in [1.165, 1.54) is 4.57 Å². The van der Waals surface area contributed by atoms with Crippen molar-refractivity contribution in [2.24, 2.45) is 0 Å². The van der Waals surface area contributed by atoms with Crippen LogP contribution in [0.25, 0.3) is 16.6 Å². The van der Waals surface area contributed by atoms with Gasteiger partial charge in [-0.3, -0.25) is 19.5 Å². The number of fused-ring (bicyclic) bond motifs is 1. The molecule has 3 amide bonds. The lowest BCUT2D eigenvalue weighted by molar-refractivity contribution is -0.117. The second-order valence-corrected chi connectivity index (χ2v) is 9.05. The number of rotatable bonds is 5. The lowest BCUT2D eigenvalue weighted by atomic mass is 10.2. The fraction of sp³-hybridized carbons (Fsp3) is 0.0833. The highest BCUT2D eigenvalue weighted by atomic mass is 79.9. The average Bonchev–Trinajstić information content (AvgIpc) is 2.79. The Bertz CT molecular complexity index is 1410. The third kappa shape index (κ3) is 5.50. The van der Waals surface area contributed by atoms with Crippen LogP contribution >= 0.6 is 27.7 Å². The van der Waals surface area contributed by atoms with Gasteiger partial charge in [0.2, 0.25) is 5.91 Å². The minimum Gasteiger partial charge on any atom is -0.308 e. The summed E-state index contributed by atoms with van der Waals surface area (Å²) in [6.07, 6.45) is 0. The Hall–Kier alpha value is -3.43. The number of aromatic nitrogens is 2. The van der Waals surface area contributed by atoms with Crippen molar-refractivity contribution in [2.45, 2.75) is 12.1 Å². The molecular formula is C24H19BrN4O3S. The van der Waals surface area contributed by atoms with E-state index in [9.17, 15) is 14.4 Å². The van der Waals surface area contributed by atoms with E-state index in [1.54, 1.807) is 42.5 Å². The van der Waals surface area contributed by atoms with Gasteiger partial charge in [0.05, 0.1) is 22.3 Å². The van der Waals surface area contributed by atoms with Gasteiger partial charge < -0.3 is 5.32 Å². The predicted octanol–water partition coefficient (Wildman–Crippen LogP) is 4.90. The summed E-state index contributed by atoms with van der Waals surface area (Å²) in [4.78, 5) is 42.5. The number of hydrogen-bond donors (Lipinski definition) is 2. The number of anilines is 1. The van der Waals surface area contributed by atoms with Crippen molar-refractivity contribution in [3.05, 3.63) is 93.2 Å². The van der Waals surface area contributed by atoms with Gasteiger partial charge in [-0.15, -0.1) is 0 Å². The maximum Gasteiger partial charge on any atom is 0.325 e. The van der Waals surface area contributed by atoms with Crippen LogP contribution in [0.1, 0.15) is 5.56 Å². The second kappa shape index (κ2) is 10.0. The van der Waals surface area contributed by atoms with Crippen molar-refractivity contribution in [2.75, 3.05) is 11.1 Å². The van der Waals surface area contributed by atoms with E-state index in [2.05, 4.69) is 31.5 Å². The second-order valence-electron chi connectivity index (χ2n) is 7.19. The molecule has 1 aromatic heterocycles. The Labute approximate surface area is 202 Å². The fourth-order valence-corrected chi connectivity index (χ4v) is 4.39. The highest BCUT2D eigenvalue weighted by molar-refractivity contribution is 9.10. The van der Waals surface area contributed by atoms with Gasteiger partial charge in [-0.2, -0.15) is 0 Å². The largest absolute Gasteiger partial charge is 0.325 e. The molecule has 33 heavy (non-hydrogen) atoms. The number of imide groups is 1. The number of hydrogen-bond acceptors (Lipinski definition) is 5. The Morgan fingerprint density at radius 1 is 1.03 bits per heavy atom. The monoisotopic (exact) mass is 522 g/mol. The number of thioether (sulfide) groups is 1. The summed E-state index contributed by atoms with van der Waals surface area (Å²) >= 11 is 4.48. The number of nitrogens with one attached hydrogen (secondary N) is 2. The van der Waals surface area contributed by atoms with Crippen molar-refractivity contribution in [1.82, 2.24) is 14.9 Å². The number of nitrogens with zero attached hydrogens (tertiary/aromatic N) is 2. The van der Waals surface area contributed by atoms with Crippen LogP contribution < -0.4 is 16.2 Å². The lowest BCUT2D eigenvalue weighted by Crippen LogP contribution is -2.35. The van der Waals surface area contributed by atoms with Gasteiger partial charge in [0.15, 0.2) is 5.16 Å². The van der Waals surface area contributed by atoms with Crippen molar-refractivity contribution in [3.63, 3.8) is 0 Å². The Balaban J connectivity index is 1.55. The number of benzene rings is 3. The smallest absolute Gasteiger partial charge is 0.308 e. The first-order valence-electron chi connectivity index (χ1n) is 9.99. The number of halogens is 1. The zero-order valence-corrected chi connectivity index (χ0v) is 19.9. The third-order valence-electron chi connectivity index (χ3n) is 4.68. The fourth-order valence-electron chi connectivity index (χ4n) is 3.22. The minimum absolute atomic E-state index is 0.0947. The molecule has 7 nitrogen and oxygen atoms in total. The van der Waals surface area contributed by atoms with Crippen LogP contribution in [0.15, 0.2) is 87.2 Å². The van der Waals surface area contributed by atoms with E-state index < -0.39 is 11.9 Å². The van der Waals surface area contributed by atoms with Gasteiger partial charge in [0, 0.05) is 10.2 Å². The number of carbonyl (C=O) groups excluding carboxylic acids is 2. The van der Waals surface area contributed by atoms with Crippen LogP contribution in [0.3, 0.4) is 0 Å². The highest BCUT2D eigenvalue weighted by Crippen LogP contribution is 2.23.